The Hall–Kier alpha value is -3.93. The van der Waals surface area contributed by atoms with Crippen LogP contribution in [-0.4, -0.2) is 18.5 Å². The molecule has 0 radical (unpaired) electrons. The van der Waals surface area contributed by atoms with Crippen molar-refractivity contribution in [1.82, 2.24) is 0 Å². The molecule has 0 atom stereocenters. The summed E-state index contributed by atoms with van der Waals surface area (Å²) < 4.78 is 10.4. The van der Waals surface area contributed by atoms with Crippen LogP contribution in [0.3, 0.4) is 0 Å². The van der Waals surface area contributed by atoms with E-state index >= 15 is 0 Å². The van der Waals surface area contributed by atoms with E-state index in [1.165, 1.54) is 0 Å². The quantitative estimate of drug-likeness (QED) is 0.534. The smallest absolute Gasteiger partial charge is 0.374 e. The number of nitrogens with one attached hydrogen (secondary N) is 1. The maximum Gasteiger partial charge on any atom is 0.374 e. The summed E-state index contributed by atoms with van der Waals surface area (Å²) in [6.07, 6.45) is 0. The van der Waals surface area contributed by atoms with Crippen molar-refractivity contribution in [1.29, 1.82) is 0 Å². The molecule has 0 saturated carbocycles. The summed E-state index contributed by atoms with van der Waals surface area (Å²) >= 11 is 0. The zero-order valence-electron chi connectivity index (χ0n) is 15.6. The fourth-order valence-electron chi connectivity index (χ4n) is 3.04. The molecule has 3 aromatic carbocycles. The largest absolute Gasteiger partial charge is 0.450 e. The van der Waals surface area contributed by atoms with Gasteiger partial charge in [0.05, 0.1) is 5.39 Å². The van der Waals surface area contributed by atoms with Crippen LogP contribution >= 0.6 is 0 Å². The molecule has 6 heteroatoms. The minimum Gasteiger partial charge on any atom is -0.450 e. The van der Waals surface area contributed by atoms with Gasteiger partial charge in [-0.25, -0.2) is 4.79 Å². The third-order valence-electron chi connectivity index (χ3n) is 4.45. The van der Waals surface area contributed by atoms with Crippen LogP contribution in [0.15, 0.2) is 75.9 Å². The van der Waals surface area contributed by atoms with Crippen LogP contribution in [0, 0.1) is 6.92 Å². The molecule has 0 unspecified atom stereocenters. The zero-order chi connectivity index (χ0) is 20.4. The number of amides is 1. The van der Waals surface area contributed by atoms with E-state index in [2.05, 4.69) is 5.32 Å². The van der Waals surface area contributed by atoms with Crippen LogP contribution < -0.4 is 10.7 Å². The third kappa shape index (κ3) is 4.01. The minimum atomic E-state index is -0.877. The van der Waals surface area contributed by atoms with Gasteiger partial charge in [0.15, 0.2) is 12.0 Å². The van der Waals surface area contributed by atoms with Gasteiger partial charge in [0, 0.05) is 11.8 Å². The lowest BCUT2D eigenvalue weighted by atomic mass is 10.1. The highest BCUT2D eigenvalue weighted by Gasteiger charge is 2.16. The SMILES string of the molecule is Cc1ccc2oc(C(=O)OCC(=O)Nc3ccc4ccccc4c3)cc(=O)c2c1. The maximum atomic E-state index is 12.2. The molecule has 4 aromatic rings. The molecule has 144 valence electrons. The standard InChI is InChI=1S/C23H17NO5/c1-14-6-9-20-18(10-14)19(25)12-21(29-20)23(27)28-13-22(26)24-17-8-7-15-4-2-3-5-16(15)11-17/h2-12H,13H2,1H3,(H,24,26). The average Bonchev–Trinajstić information content (AvgIpc) is 2.72. The molecule has 0 aliphatic heterocycles. The third-order valence-corrected chi connectivity index (χ3v) is 4.45. The van der Waals surface area contributed by atoms with Crippen LogP contribution in [0.25, 0.3) is 21.7 Å². The Labute approximate surface area is 165 Å². The normalized spacial score (nSPS) is 10.8. The van der Waals surface area contributed by atoms with E-state index < -0.39 is 18.5 Å². The number of fused-ring (bicyclic) bond motifs is 2. The van der Waals surface area contributed by atoms with Gasteiger partial charge in [-0.2, -0.15) is 0 Å². The summed E-state index contributed by atoms with van der Waals surface area (Å²) in [5.74, 6) is -1.62. The number of rotatable bonds is 4. The molecular formula is C23H17NO5. The number of hydrogen-bond acceptors (Lipinski definition) is 5. The van der Waals surface area contributed by atoms with Gasteiger partial charge >= 0.3 is 5.97 Å². The van der Waals surface area contributed by atoms with Crippen molar-refractivity contribution >= 4 is 39.3 Å². The molecule has 1 heterocycles. The van der Waals surface area contributed by atoms with Crippen molar-refractivity contribution in [3.8, 4) is 0 Å². The minimum absolute atomic E-state index is 0.246. The van der Waals surface area contributed by atoms with Gasteiger partial charge in [-0.15, -0.1) is 0 Å². The van der Waals surface area contributed by atoms with E-state index in [4.69, 9.17) is 9.15 Å². The fraction of sp³-hybridized carbons (Fsp3) is 0.0870. The first kappa shape index (κ1) is 18.4. The maximum absolute atomic E-state index is 12.2. The Morgan fingerprint density at radius 3 is 2.59 bits per heavy atom. The van der Waals surface area contributed by atoms with Crippen molar-refractivity contribution < 1.29 is 18.7 Å². The zero-order valence-corrected chi connectivity index (χ0v) is 15.6. The second kappa shape index (κ2) is 7.59. The summed E-state index contributed by atoms with van der Waals surface area (Å²) in [4.78, 5) is 36.5. The van der Waals surface area contributed by atoms with Crippen LogP contribution in [0.1, 0.15) is 16.1 Å². The molecule has 0 aliphatic rings. The van der Waals surface area contributed by atoms with Crippen molar-refractivity contribution in [2.75, 3.05) is 11.9 Å². The molecule has 1 N–H and O–H groups in total. The van der Waals surface area contributed by atoms with Gasteiger partial charge in [0.25, 0.3) is 5.91 Å². The van der Waals surface area contributed by atoms with E-state index in [1.54, 1.807) is 24.3 Å². The summed E-state index contributed by atoms with van der Waals surface area (Å²) in [5.41, 5.74) is 1.45. The van der Waals surface area contributed by atoms with Crippen molar-refractivity contribution in [3.05, 3.63) is 88.3 Å². The number of aryl methyl sites for hydroxylation is 1. The molecule has 4 rings (SSSR count). The number of ether oxygens (including phenoxy) is 1. The predicted octanol–water partition coefficient (Wildman–Crippen LogP) is 4.05. The van der Waals surface area contributed by atoms with Crippen LogP contribution in [0.5, 0.6) is 0 Å². The lowest BCUT2D eigenvalue weighted by Gasteiger charge is -2.08. The van der Waals surface area contributed by atoms with Crippen LogP contribution in [-0.2, 0) is 9.53 Å². The Bertz CT molecular complexity index is 1310. The monoisotopic (exact) mass is 387 g/mol. The number of carbonyl (C=O) groups excluding carboxylic acids is 2. The molecule has 1 aromatic heterocycles. The number of hydrogen-bond donors (Lipinski definition) is 1. The number of anilines is 1. The predicted molar refractivity (Wildman–Crippen MR) is 110 cm³/mol. The molecule has 6 nitrogen and oxygen atoms in total. The second-order valence-electron chi connectivity index (χ2n) is 6.66. The van der Waals surface area contributed by atoms with Crippen molar-refractivity contribution in [3.63, 3.8) is 0 Å². The first-order valence-corrected chi connectivity index (χ1v) is 9.00. The highest BCUT2D eigenvalue weighted by atomic mass is 16.5. The molecular weight excluding hydrogens is 370 g/mol. The van der Waals surface area contributed by atoms with Crippen molar-refractivity contribution in [2.45, 2.75) is 6.92 Å². The van der Waals surface area contributed by atoms with E-state index in [-0.39, 0.29) is 16.8 Å². The molecule has 0 fully saturated rings. The number of carbonyl (C=O) groups is 2. The first-order valence-electron chi connectivity index (χ1n) is 9.00. The topological polar surface area (TPSA) is 85.6 Å². The summed E-state index contributed by atoms with van der Waals surface area (Å²) in [6, 6.07) is 19.4. The van der Waals surface area contributed by atoms with E-state index in [0.717, 1.165) is 22.4 Å². The van der Waals surface area contributed by atoms with Gasteiger partial charge in [0.2, 0.25) is 5.76 Å². The number of esters is 1. The molecule has 0 saturated heterocycles. The molecule has 0 bridgehead atoms. The molecule has 29 heavy (non-hydrogen) atoms. The van der Waals surface area contributed by atoms with E-state index in [1.807, 2.05) is 43.3 Å². The van der Waals surface area contributed by atoms with E-state index in [9.17, 15) is 14.4 Å². The second-order valence-corrected chi connectivity index (χ2v) is 6.66. The summed E-state index contributed by atoms with van der Waals surface area (Å²) in [5, 5.41) is 5.10. The Morgan fingerprint density at radius 2 is 1.76 bits per heavy atom. The Morgan fingerprint density at radius 1 is 0.966 bits per heavy atom. The summed E-state index contributed by atoms with van der Waals surface area (Å²) in [7, 11) is 0. The highest BCUT2D eigenvalue weighted by Crippen LogP contribution is 2.19. The lowest BCUT2D eigenvalue weighted by Crippen LogP contribution is -2.21. The summed E-state index contributed by atoms with van der Waals surface area (Å²) in [6.45, 7) is 1.36. The van der Waals surface area contributed by atoms with Gasteiger partial charge in [-0.3, -0.25) is 9.59 Å². The molecule has 0 spiro atoms. The number of benzene rings is 3. The van der Waals surface area contributed by atoms with Gasteiger partial charge in [-0.1, -0.05) is 42.0 Å². The Kier molecular flexibility index (Phi) is 4.83. The van der Waals surface area contributed by atoms with Gasteiger partial charge in [-0.05, 0) is 42.0 Å². The van der Waals surface area contributed by atoms with Crippen molar-refractivity contribution in [2.24, 2.45) is 0 Å². The van der Waals surface area contributed by atoms with E-state index in [0.29, 0.717) is 11.1 Å². The lowest BCUT2D eigenvalue weighted by molar-refractivity contribution is -0.119. The fourth-order valence-corrected chi connectivity index (χ4v) is 3.04. The van der Waals surface area contributed by atoms with Gasteiger partial charge < -0.3 is 14.5 Å². The van der Waals surface area contributed by atoms with Crippen LogP contribution in [0.4, 0.5) is 5.69 Å². The first-order chi connectivity index (χ1) is 14.0. The molecule has 0 aliphatic carbocycles. The Balaban J connectivity index is 1.43. The average molecular weight is 387 g/mol. The van der Waals surface area contributed by atoms with Crippen LogP contribution in [0.2, 0.25) is 0 Å². The highest BCUT2D eigenvalue weighted by molar-refractivity contribution is 5.97. The molecule has 1 amide bonds. The van der Waals surface area contributed by atoms with Gasteiger partial charge in [0.1, 0.15) is 5.58 Å².